The van der Waals surface area contributed by atoms with Crippen molar-refractivity contribution in [1.82, 2.24) is 0 Å². The molecule has 6 heteroatoms. The minimum Gasteiger partial charge on any atom is -0.485 e. The van der Waals surface area contributed by atoms with Crippen LogP contribution in [-0.2, 0) is 9.53 Å². The van der Waals surface area contributed by atoms with Gasteiger partial charge in [-0.3, -0.25) is 4.79 Å². The molecule has 1 aliphatic heterocycles. The van der Waals surface area contributed by atoms with Crippen LogP contribution in [0.5, 0.6) is 11.5 Å². The molecule has 1 aliphatic rings. The molecule has 1 N–H and O–H groups in total. The van der Waals surface area contributed by atoms with Crippen molar-refractivity contribution >= 4 is 17.6 Å². The molecule has 0 saturated heterocycles. The third-order valence-electron chi connectivity index (χ3n) is 3.53. The Kier molecular flexibility index (Phi) is 4.88. The van der Waals surface area contributed by atoms with E-state index in [2.05, 4.69) is 5.32 Å². The molecule has 0 unspecified atom stereocenters. The van der Waals surface area contributed by atoms with Crippen molar-refractivity contribution < 1.29 is 23.8 Å². The molecule has 25 heavy (non-hydrogen) atoms. The van der Waals surface area contributed by atoms with Crippen molar-refractivity contribution in [1.29, 1.82) is 0 Å². The highest BCUT2D eigenvalue weighted by Gasteiger charge is 2.27. The number of anilines is 1. The fourth-order valence-electron chi connectivity index (χ4n) is 2.34. The number of carbonyl (C=O) groups is 2. The predicted molar refractivity (Wildman–Crippen MR) is 92.0 cm³/mol. The molecule has 6 nitrogen and oxygen atoms in total. The molecule has 2 aromatic carbocycles. The van der Waals surface area contributed by atoms with Crippen LogP contribution in [-0.4, -0.2) is 30.7 Å². The summed E-state index contributed by atoms with van der Waals surface area (Å²) in [6, 6.07) is 13.7. The lowest BCUT2D eigenvalue weighted by molar-refractivity contribution is -0.125. The fraction of sp³-hybridized carbons (Fsp3) is 0.263. The van der Waals surface area contributed by atoms with Crippen molar-refractivity contribution in [3.63, 3.8) is 0 Å². The van der Waals surface area contributed by atoms with E-state index in [0.29, 0.717) is 22.7 Å². The minimum absolute atomic E-state index is 0.141. The van der Waals surface area contributed by atoms with E-state index < -0.39 is 12.1 Å². The Balaban J connectivity index is 1.61. The lowest BCUT2D eigenvalue weighted by Gasteiger charge is -2.25. The van der Waals surface area contributed by atoms with E-state index in [4.69, 9.17) is 14.2 Å². The fourth-order valence-corrected chi connectivity index (χ4v) is 2.34. The van der Waals surface area contributed by atoms with E-state index in [-0.39, 0.29) is 18.6 Å². The summed E-state index contributed by atoms with van der Waals surface area (Å²) in [5.41, 5.74) is 0.992. The van der Waals surface area contributed by atoms with E-state index >= 15 is 0 Å². The molecule has 1 heterocycles. The van der Waals surface area contributed by atoms with E-state index in [1.807, 2.05) is 12.1 Å². The van der Waals surface area contributed by atoms with Gasteiger partial charge < -0.3 is 19.5 Å². The number of rotatable bonds is 4. The second-order valence-electron chi connectivity index (χ2n) is 5.88. The van der Waals surface area contributed by atoms with Crippen molar-refractivity contribution in [3.8, 4) is 11.5 Å². The number of amides is 1. The molecule has 1 atom stereocenters. The van der Waals surface area contributed by atoms with Gasteiger partial charge in [-0.15, -0.1) is 0 Å². The van der Waals surface area contributed by atoms with Crippen LogP contribution in [0.15, 0.2) is 48.5 Å². The third-order valence-corrected chi connectivity index (χ3v) is 3.53. The first-order valence-corrected chi connectivity index (χ1v) is 8.03. The summed E-state index contributed by atoms with van der Waals surface area (Å²) >= 11 is 0. The van der Waals surface area contributed by atoms with Gasteiger partial charge in [-0.25, -0.2) is 4.79 Å². The number of benzene rings is 2. The first kappa shape index (κ1) is 16.8. The van der Waals surface area contributed by atoms with Gasteiger partial charge in [0.15, 0.2) is 11.5 Å². The van der Waals surface area contributed by atoms with Gasteiger partial charge in [-0.1, -0.05) is 12.1 Å². The van der Waals surface area contributed by atoms with Crippen molar-refractivity contribution in [2.45, 2.75) is 26.1 Å². The van der Waals surface area contributed by atoms with E-state index in [0.717, 1.165) is 0 Å². The topological polar surface area (TPSA) is 73.9 Å². The lowest BCUT2D eigenvalue weighted by Crippen LogP contribution is -2.40. The molecule has 0 radical (unpaired) electrons. The highest BCUT2D eigenvalue weighted by atomic mass is 16.6. The molecular formula is C19H19NO5. The summed E-state index contributed by atoms with van der Waals surface area (Å²) < 4.78 is 16.3. The summed E-state index contributed by atoms with van der Waals surface area (Å²) in [5.74, 6) is 0.459. The number of hydrogen-bond donors (Lipinski definition) is 1. The summed E-state index contributed by atoms with van der Waals surface area (Å²) in [6.45, 7) is 3.72. The number of nitrogens with one attached hydrogen (secondary N) is 1. The Bertz CT molecular complexity index is 770. The molecular weight excluding hydrogens is 322 g/mol. The number of para-hydroxylation sites is 2. The number of esters is 1. The Morgan fingerprint density at radius 3 is 2.44 bits per heavy atom. The van der Waals surface area contributed by atoms with Gasteiger partial charge in [-0.2, -0.15) is 0 Å². The number of ether oxygens (including phenoxy) is 3. The second kappa shape index (κ2) is 7.25. The number of carbonyl (C=O) groups excluding carboxylic acids is 2. The molecule has 0 saturated carbocycles. The Hall–Kier alpha value is -3.02. The van der Waals surface area contributed by atoms with E-state index in [1.165, 1.54) is 0 Å². The van der Waals surface area contributed by atoms with Gasteiger partial charge >= 0.3 is 5.97 Å². The van der Waals surface area contributed by atoms with Crippen LogP contribution >= 0.6 is 0 Å². The molecule has 130 valence electrons. The summed E-state index contributed by atoms with van der Waals surface area (Å²) in [5, 5.41) is 2.75. The maximum absolute atomic E-state index is 12.3. The van der Waals surface area contributed by atoms with Gasteiger partial charge in [0.1, 0.15) is 6.61 Å². The van der Waals surface area contributed by atoms with Crippen molar-refractivity contribution in [2.24, 2.45) is 0 Å². The predicted octanol–water partition coefficient (Wildman–Crippen LogP) is 3.03. The molecule has 2 aromatic rings. The summed E-state index contributed by atoms with van der Waals surface area (Å²) in [4.78, 5) is 24.1. The molecule has 1 amide bonds. The Labute approximate surface area is 145 Å². The number of hydrogen-bond acceptors (Lipinski definition) is 5. The molecule has 0 aromatic heterocycles. The van der Waals surface area contributed by atoms with Crippen LogP contribution in [0.3, 0.4) is 0 Å². The molecule has 0 fully saturated rings. The zero-order valence-corrected chi connectivity index (χ0v) is 14.0. The highest BCUT2D eigenvalue weighted by molar-refractivity contribution is 5.95. The molecule has 0 spiro atoms. The lowest BCUT2D eigenvalue weighted by atomic mass is 10.2. The Morgan fingerprint density at radius 1 is 1.08 bits per heavy atom. The monoisotopic (exact) mass is 341 g/mol. The second-order valence-corrected chi connectivity index (χ2v) is 5.88. The average Bonchev–Trinajstić information content (AvgIpc) is 2.61. The minimum atomic E-state index is -0.736. The van der Waals surface area contributed by atoms with Gasteiger partial charge in [-0.05, 0) is 50.2 Å². The zero-order chi connectivity index (χ0) is 17.8. The van der Waals surface area contributed by atoms with Crippen LogP contribution < -0.4 is 14.8 Å². The summed E-state index contributed by atoms with van der Waals surface area (Å²) in [6.07, 6.45) is -0.918. The Morgan fingerprint density at radius 2 is 1.76 bits per heavy atom. The third kappa shape index (κ3) is 4.09. The standard InChI is InChI=1S/C19H19NO5/c1-12(2)24-19(22)13-7-9-14(10-8-13)20-18(21)17-11-23-15-5-3-4-6-16(15)25-17/h3-10,12,17H,11H2,1-2H3,(H,20,21)/t17-/m1/s1. The quantitative estimate of drug-likeness (QED) is 0.865. The van der Waals surface area contributed by atoms with Crippen LogP contribution in [0.2, 0.25) is 0 Å². The van der Waals surface area contributed by atoms with Gasteiger partial charge in [0.2, 0.25) is 6.10 Å². The molecule has 0 aliphatic carbocycles. The van der Waals surface area contributed by atoms with Crippen LogP contribution in [0.4, 0.5) is 5.69 Å². The SMILES string of the molecule is CC(C)OC(=O)c1ccc(NC(=O)[C@H]2COc3ccccc3O2)cc1. The van der Waals surface area contributed by atoms with Crippen LogP contribution in [0, 0.1) is 0 Å². The molecule has 3 rings (SSSR count). The van der Waals surface area contributed by atoms with Gasteiger partial charge in [0.25, 0.3) is 5.91 Å². The number of fused-ring (bicyclic) bond motifs is 1. The normalized spacial score (nSPS) is 15.6. The van der Waals surface area contributed by atoms with Crippen LogP contribution in [0.1, 0.15) is 24.2 Å². The summed E-state index contributed by atoms with van der Waals surface area (Å²) in [7, 11) is 0. The van der Waals surface area contributed by atoms with E-state index in [9.17, 15) is 9.59 Å². The first-order valence-electron chi connectivity index (χ1n) is 8.03. The maximum atomic E-state index is 12.3. The first-order chi connectivity index (χ1) is 12.0. The van der Waals surface area contributed by atoms with Gasteiger partial charge in [0.05, 0.1) is 11.7 Å². The average molecular weight is 341 g/mol. The zero-order valence-electron chi connectivity index (χ0n) is 14.0. The van der Waals surface area contributed by atoms with Gasteiger partial charge in [0, 0.05) is 5.69 Å². The van der Waals surface area contributed by atoms with Crippen LogP contribution in [0.25, 0.3) is 0 Å². The van der Waals surface area contributed by atoms with Crippen molar-refractivity contribution in [3.05, 3.63) is 54.1 Å². The maximum Gasteiger partial charge on any atom is 0.338 e. The largest absolute Gasteiger partial charge is 0.485 e. The van der Waals surface area contributed by atoms with Crippen molar-refractivity contribution in [2.75, 3.05) is 11.9 Å². The highest BCUT2D eigenvalue weighted by Crippen LogP contribution is 2.31. The van der Waals surface area contributed by atoms with E-state index in [1.54, 1.807) is 50.2 Å². The molecule has 0 bridgehead atoms. The smallest absolute Gasteiger partial charge is 0.338 e.